The minimum atomic E-state index is -0.140. The number of aromatic nitrogens is 3. The molecular formula is C23H20N4O3S. The van der Waals surface area contributed by atoms with Crippen LogP contribution in [0.15, 0.2) is 47.6 Å². The molecule has 8 heteroatoms. The van der Waals surface area contributed by atoms with Gasteiger partial charge < -0.3 is 9.64 Å². The van der Waals surface area contributed by atoms with Crippen molar-refractivity contribution in [2.24, 2.45) is 0 Å². The van der Waals surface area contributed by atoms with E-state index in [0.29, 0.717) is 22.2 Å². The van der Waals surface area contributed by atoms with Gasteiger partial charge in [-0.25, -0.2) is 0 Å². The Morgan fingerprint density at radius 3 is 2.81 bits per heavy atom. The fourth-order valence-electron chi connectivity index (χ4n) is 3.88. The van der Waals surface area contributed by atoms with Crippen molar-refractivity contribution >= 4 is 45.7 Å². The number of rotatable bonds is 4. The van der Waals surface area contributed by atoms with Crippen LogP contribution >= 0.6 is 11.8 Å². The second-order valence-electron chi connectivity index (χ2n) is 7.61. The second kappa shape index (κ2) is 7.39. The van der Waals surface area contributed by atoms with E-state index in [9.17, 15) is 9.59 Å². The largest absolute Gasteiger partial charge is 0.482 e. The number of fused-ring (bicyclic) bond motifs is 4. The molecule has 0 atom stereocenters. The Bertz CT molecular complexity index is 1380. The van der Waals surface area contributed by atoms with Crippen LogP contribution in [0.2, 0.25) is 0 Å². The maximum Gasteiger partial charge on any atom is 0.264 e. The first-order valence-corrected chi connectivity index (χ1v) is 10.9. The first kappa shape index (κ1) is 19.6. The number of ether oxygens (including phenoxy) is 1. The van der Waals surface area contributed by atoms with Crippen molar-refractivity contribution in [1.82, 2.24) is 14.6 Å². The number of carbonyl (C=O) groups is 2. The van der Waals surface area contributed by atoms with Crippen molar-refractivity contribution < 1.29 is 14.3 Å². The third-order valence-corrected chi connectivity index (χ3v) is 6.52. The molecule has 0 saturated carbocycles. The van der Waals surface area contributed by atoms with Crippen molar-refractivity contribution in [3.05, 3.63) is 59.2 Å². The van der Waals surface area contributed by atoms with Crippen molar-refractivity contribution in [3.8, 4) is 5.75 Å². The molecule has 4 aromatic rings. The first-order valence-electron chi connectivity index (χ1n) is 9.87. The smallest absolute Gasteiger partial charge is 0.264 e. The lowest BCUT2D eigenvalue weighted by Crippen LogP contribution is -2.35. The molecule has 0 spiro atoms. The number of benzene rings is 2. The summed E-state index contributed by atoms with van der Waals surface area (Å²) in [6.45, 7) is 4.14. The van der Waals surface area contributed by atoms with Gasteiger partial charge in [0.05, 0.1) is 17.0 Å². The van der Waals surface area contributed by atoms with E-state index in [1.807, 2.05) is 16.5 Å². The van der Waals surface area contributed by atoms with Crippen molar-refractivity contribution in [2.75, 3.05) is 24.3 Å². The molecule has 0 aliphatic carbocycles. The van der Waals surface area contributed by atoms with Gasteiger partial charge in [-0.1, -0.05) is 30.0 Å². The first-order chi connectivity index (χ1) is 14.9. The number of aryl methyl sites for hydroxylation is 2. The zero-order valence-electron chi connectivity index (χ0n) is 17.4. The molecule has 156 valence electrons. The van der Waals surface area contributed by atoms with E-state index in [1.165, 1.54) is 16.7 Å². The summed E-state index contributed by atoms with van der Waals surface area (Å²) in [6.07, 6.45) is 0. The third kappa shape index (κ3) is 3.23. The number of pyridine rings is 1. The van der Waals surface area contributed by atoms with Gasteiger partial charge in [-0.05, 0) is 49.2 Å². The van der Waals surface area contributed by atoms with Gasteiger partial charge in [-0.2, -0.15) is 0 Å². The molecule has 7 nitrogen and oxygen atoms in total. The Morgan fingerprint density at radius 1 is 1.13 bits per heavy atom. The van der Waals surface area contributed by atoms with Crippen LogP contribution in [0.3, 0.4) is 0 Å². The number of hydrogen-bond acceptors (Lipinski definition) is 6. The number of amides is 1. The van der Waals surface area contributed by atoms with E-state index in [4.69, 9.17) is 4.74 Å². The lowest BCUT2D eigenvalue weighted by atomic mass is 10.1. The molecule has 0 radical (unpaired) electrons. The normalized spacial score (nSPS) is 13.5. The molecule has 31 heavy (non-hydrogen) atoms. The predicted molar refractivity (Wildman–Crippen MR) is 120 cm³/mol. The summed E-state index contributed by atoms with van der Waals surface area (Å²) in [5.41, 5.74) is 5.23. The minimum Gasteiger partial charge on any atom is -0.482 e. The lowest BCUT2D eigenvalue weighted by molar-refractivity contribution is -0.120. The van der Waals surface area contributed by atoms with Crippen LogP contribution in [0, 0.1) is 13.8 Å². The van der Waals surface area contributed by atoms with Crippen molar-refractivity contribution in [2.45, 2.75) is 19.0 Å². The van der Waals surface area contributed by atoms with E-state index in [0.717, 1.165) is 27.7 Å². The van der Waals surface area contributed by atoms with Crippen molar-refractivity contribution in [1.29, 1.82) is 0 Å². The zero-order chi connectivity index (χ0) is 21.7. The lowest BCUT2D eigenvalue weighted by Gasteiger charge is -2.26. The van der Waals surface area contributed by atoms with Crippen LogP contribution < -0.4 is 9.64 Å². The maximum absolute atomic E-state index is 12.9. The summed E-state index contributed by atoms with van der Waals surface area (Å²) in [7, 11) is 1.68. The molecule has 1 aliphatic rings. The quantitative estimate of drug-likeness (QED) is 0.360. The van der Waals surface area contributed by atoms with Gasteiger partial charge in [0.25, 0.3) is 5.91 Å². The van der Waals surface area contributed by atoms with E-state index >= 15 is 0 Å². The highest BCUT2D eigenvalue weighted by atomic mass is 32.2. The van der Waals surface area contributed by atoms with E-state index < -0.39 is 0 Å². The van der Waals surface area contributed by atoms with E-state index in [2.05, 4.69) is 36.2 Å². The third-order valence-electron chi connectivity index (χ3n) is 5.59. The van der Waals surface area contributed by atoms with Crippen LogP contribution in [0.25, 0.3) is 16.6 Å². The van der Waals surface area contributed by atoms with Gasteiger partial charge in [0.15, 0.2) is 23.2 Å². The molecule has 0 fully saturated rings. The SMILES string of the molecule is Cc1cc2nnc(SCC(=O)c3ccc4c(c3)N(C)C(=O)CO4)n2c2c(C)cccc12. The molecule has 0 N–H and O–H groups in total. The Morgan fingerprint density at radius 2 is 1.97 bits per heavy atom. The number of thioether (sulfide) groups is 1. The highest BCUT2D eigenvalue weighted by Crippen LogP contribution is 2.33. The molecule has 3 heterocycles. The van der Waals surface area contributed by atoms with Gasteiger partial charge in [0.1, 0.15) is 5.75 Å². The fourth-order valence-corrected chi connectivity index (χ4v) is 4.72. The van der Waals surface area contributed by atoms with Crippen LogP contribution in [0.4, 0.5) is 5.69 Å². The minimum absolute atomic E-state index is 0.0133. The van der Waals surface area contributed by atoms with Crippen LogP contribution in [-0.2, 0) is 4.79 Å². The summed E-state index contributed by atoms with van der Waals surface area (Å²) in [5.74, 6) is 0.620. The molecule has 0 saturated heterocycles. The zero-order valence-corrected chi connectivity index (χ0v) is 18.2. The number of ketones is 1. The molecule has 5 rings (SSSR count). The monoisotopic (exact) mass is 432 g/mol. The van der Waals surface area contributed by atoms with E-state index in [-0.39, 0.29) is 24.1 Å². The number of para-hydroxylation sites is 1. The van der Waals surface area contributed by atoms with Gasteiger partial charge in [0.2, 0.25) is 0 Å². The summed E-state index contributed by atoms with van der Waals surface area (Å²) in [4.78, 5) is 26.3. The standard InChI is InChI=1S/C23H20N4O3S/c1-13-5-4-6-16-14(2)9-20-24-25-23(27(20)22(13)16)31-12-18(28)15-7-8-19-17(10-15)26(3)21(29)11-30-19/h4-10H,11-12H2,1-3H3. The van der Waals surface area contributed by atoms with Gasteiger partial charge in [-0.3, -0.25) is 14.0 Å². The molecule has 2 aromatic heterocycles. The summed E-state index contributed by atoms with van der Waals surface area (Å²) in [6, 6.07) is 13.4. The summed E-state index contributed by atoms with van der Waals surface area (Å²) in [5, 5.41) is 10.5. The highest BCUT2D eigenvalue weighted by molar-refractivity contribution is 7.99. The average molecular weight is 433 g/mol. The summed E-state index contributed by atoms with van der Waals surface area (Å²) < 4.78 is 7.46. The summed E-state index contributed by atoms with van der Waals surface area (Å²) >= 11 is 1.36. The van der Waals surface area contributed by atoms with Crippen LogP contribution in [0.5, 0.6) is 5.75 Å². The Kier molecular flexibility index (Phi) is 4.66. The molecule has 1 amide bonds. The van der Waals surface area contributed by atoms with Gasteiger partial charge >= 0.3 is 0 Å². The number of Topliss-reactive ketones (excluding diaryl/α,β-unsaturated/α-hetero) is 1. The number of anilines is 1. The molecule has 1 aliphatic heterocycles. The topological polar surface area (TPSA) is 76.8 Å². The highest BCUT2D eigenvalue weighted by Gasteiger charge is 2.23. The van der Waals surface area contributed by atoms with Gasteiger partial charge in [0, 0.05) is 18.0 Å². The predicted octanol–water partition coefficient (Wildman–Crippen LogP) is 3.83. The molecule has 2 aromatic carbocycles. The van der Waals surface area contributed by atoms with Crippen LogP contribution in [0.1, 0.15) is 21.5 Å². The number of nitrogens with zero attached hydrogens (tertiary/aromatic N) is 4. The average Bonchev–Trinajstić information content (AvgIpc) is 3.17. The Hall–Kier alpha value is -3.39. The van der Waals surface area contributed by atoms with Crippen LogP contribution in [-0.4, -0.2) is 45.7 Å². The molecule has 0 unspecified atom stereocenters. The second-order valence-corrected chi connectivity index (χ2v) is 8.55. The number of carbonyl (C=O) groups excluding carboxylic acids is 2. The Balaban J connectivity index is 1.46. The Labute approximate surface area is 183 Å². The van der Waals surface area contributed by atoms with Gasteiger partial charge in [-0.15, -0.1) is 10.2 Å². The fraction of sp³-hybridized carbons (Fsp3) is 0.217. The molecular weight excluding hydrogens is 412 g/mol. The van der Waals surface area contributed by atoms with Crippen molar-refractivity contribution in [3.63, 3.8) is 0 Å². The van der Waals surface area contributed by atoms with E-state index in [1.54, 1.807) is 25.2 Å². The number of likely N-dealkylation sites (N-methyl/N-ethyl adjacent to an activating group) is 1. The maximum atomic E-state index is 12.9. The number of hydrogen-bond donors (Lipinski definition) is 0. The molecule has 0 bridgehead atoms.